The Hall–Kier alpha value is -1.55. The van der Waals surface area contributed by atoms with Crippen molar-refractivity contribution < 1.29 is 9.53 Å². The number of hydrogen-bond acceptors (Lipinski definition) is 4. The molecule has 4 heteroatoms. The molecule has 20 heavy (non-hydrogen) atoms. The van der Waals surface area contributed by atoms with Crippen LogP contribution in [0.1, 0.15) is 30.6 Å². The summed E-state index contributed by atoms with van der Waals surface area (Å²) < 4.78 is 4.80. The van der Waals surface area contributed by atoms with E-state index in [2.05, 4.69) is 30.1 Å². The largest absolute Gasteiger partial charge is 0.465 e. The number of ether oxygens (including phenoxy) is 1. The number of benzene rings is 1. The maximum absolute atomic E-state index is 11.7. The molecular weight excluding hydrogens is 252 g/mol. The van der Waals surface area contributed by atoms with E-state index < -0.39 is 0 Å². The van der Waals surface area contributed by atoms with Crippen molar-refractivity contribution in [2.75, 3.05) is 31.6 Å². The fourth-order valence-electron chi connectivity index (χ4n) is 2.78. The molecule has 4 nitrogen and oxygen atoms in total. The molecule has 1 unspecified atom stereocenters. The predicted molar refractivity (Wildman–Crippen MR) is 81.2 cm³/mol. The van der Waals surface area contributed by atoms with Crippen molar-refractivity contribution >= 4 is 11.7 Å². The number of carbonyl (C=O) groups is 1. The molecule has 1 aliphatic heterocycles. The number of esters is 1. The van der Waals surface area contributed by atoms with Crippen LogP contribution in [-0.2, 0) is 4.74 Å². The first kappa shape index (κ1) is 14.9. The van der Waals surface area contributed by atoms with Gasteiger partial charge in [0.05, 0.1) is 12.7 Å². The quantitative estimate of drug-likeness (QED) is 0.857. The van der Waals surface area contributed by atoms with Crippen molar-refractivity contribution in [1.82, 2.24) is 5.32 Å². The lowest BCUT2D eigenvalue weighted by Crippen LogP contribution is -2.52. The standard InChI is InChI=1S/C16H24N2O2/c1-12(2)9-15-11-17-7-8-18(15)14-6-4-5-13(10-14)16(19)20-3/h4-6,10,12,15,17H,7-9,11H2,1-3H3. The number of piperazine rings is 1. The SMILES string of the molecule is COC(=O)c1cccc(N2CCNCC2CC(C)C)c1. The van der Waals surface area contributed by atoms with E-state index in [1.807, 2.05) is 12.1 Å². The highest BCUT2D eigenvalue weighted by atomic mass is 16.5. The Morgan fingerprint density at radius 2 is 2.30 bits per heavy atom. The van der Waals surface area contributed by atoms with Crippen LogP contribution < -0.4 is 10.2 Å². The van der Waals surface area contributed by atoms with Crippen LogP contribution in [0.15, 0.2) is 24.3 Å². The van der Waals surface area contributed by atoms with Crippen LogP contribution in [0.25, 0.3) is 0 Å². The van der Waals surface area contributed by atoms with E-state index in [0.29, 0.717) is 17.5 Å². The summed E-state index contributed by atoms with van der Waals surface area (Å²) in [6.45, 7) is 7.45. The predicted octanol–water partition coefficient (Wildman–Crippen LogP) is 2.30. The minimum Gasteiger partial charge on any atom is -0.465 e. The van der Waals surface area contributed by atoms with Crippen LogP contribution in [0, 0.1) is 5.92 Å². The highest BCUT2D eigenvalue weighted by molar-refractivity contribution is 5.90. The molecule has 1 atom stereocenters. The molecular formula is C16H24N2O2. The molecule has 1 heterocycles. The van der Waals surface area contributed by atoms with E-state index in [4.69, 9.17) is 4.74 Å². The molecule has 0 spiro atoms. The van der Waals surface area contributed by atoms with Crippen LogP contribution in [0.5, 0.6) is 0 Å². The van der Waals surface area contributed by atoms with Gasteiger partial charge in [-0.05, 0) is 30.5 Å². The van der Waals surface area contributed by atoms with E-state index in [0.717, 1.165) is 31.7 Å². The van der Waals surface area contributed by atoms with Crippen LogP contribution in [0.4, 0.5) is 5.69 Å². The Morgan fingerprint density at radius 3 is 3.00 bits per heavy atom. The third-order valence-electron chi connectivity index (χ3n) is 3.69. The topological polar surface area (TPSA) is 41.6 Å². The molecule has 0 radical (unpaired) electrons. The van der Waals surface area contributed by atoms with Gasteiger partial charge < -0.3 is 15.0 Å². The summed E-state index contributed by atoms with van der Waals surface area (Å²) in [6, 6.07) is 8.22. The van der Waals surface area contributed by atoms with Gasteiger partial charge in [0, 0.05) is 31.4 Å². The highest BCUT2D eigenvalue weighted by Gasteiger charge is 2.23. The van der Waals surface area contributed by atoms with Crippen molar-refractivity contribution in [1.29, 1.82) is 0 Å². The van der Waals surface area contributed by atoms with Gasteiger partial charge in [0.25, 0.3) is 0 Å². The Morgan fingerprint density at radius 1 is 1.50 bits per heavy atom. The Labute approximate surface area is 121 Å². The minimum absolute atomic E-state index is 0.276. The molecule has 1 N–H and O–H groups in total. The van der Waals surface area contributed by atoms with Crippen molar-refractivity contribution in [2.45, 2.75) is 26.3 Å². The van der Waals surface area contributed by atoms with Crippen molar-refractivity contribution in [3.63, 3.8) is 0 Å². The van der Waals surface area contributed by atoms with Crippen molar-refractivity contribution in [3.8, 4) is 0 Å². The Kier molecular flexibility index (Phi) is 5.01. The van der Waals surface area contributed by atoms with Gasteiger partial charge in [-0.1, -0.05) is 19.9 Å². The van der Waals surface area contributed by atoms with Crippen molar-refractivity contribution in [2.24, 2.45) is 5.92 Å². The van der Waals surface area contributed by atoms with E-state index in [1.54, 1.807) is 6.07 Å². The summed E-state index contributed by atoms with van der Waals surface area (Å²) in [5.41, 5.74) is 1.73. The molecule has 0 bridgehead atoms. The van der Waals surface area contributed by atoms with E-state index in [1.165, 1.54) is 7.11 Å². The number of hydrogen-bond donors (Lipinski definition) is 1. The third kappa shape index (κ3) is 3.51. The van der Waals surface area contributed by atoms with E-state index in [9.17, 15) is 4.79 Å². The molecule has 2 rings (SSSR count). The smallest absolute Gasteiger partial charge is 0.337 e. The molecule has 1 aromatic rings. The van der Waals surface area contributed by atoms with Crippen LogP contribution >= 0.6 is 0 Å². The van der Waals surface area contributed by atoms with E-state index >= 15 is 0 Å². The molecule has 0 aliphatic carbocycles. The maximum Gasteiger partial charge on any atom is 0.337 e. The van der Waals surface area contributed by atoms with Gasteiger partial charge in [0.15, 0.2) is 0 Å². The summed E-state index contributed by atoms with van der Waals surface area (Å²) in [5, 5.41) is 3.46. The zero-order chi connectivity index (χ0) is 14.5. The first-order valence-corrected chi connectivity index (χ1v) is 7.27. The Bertz CT molecular complexity index is 460. The summed E-state index contributed by atoms with van der Waals surface area (Å²) in [4.78, 5) is 14.1. The van der Waals surface area contributed by atoms with Crippen LogP contribution in [0.2, 0.25) is 0 Å². The van der Waals surface area contributed by atoms with Gasteiger partial charge in [0.1, 0.15) is 0 Å². The third-order valence-corrected chi connectivity index (χ3v) is 3.69. The van der Waals surface area contributed by atoms with Gasteiger partial charge in [-0.3, -0.25) is 0 Å². The number of rotatable bonds is 4. The minimum atomic E-state index is -0.276. The number of nitrogens with zero attached hydrogens (tertiary/aromatic N) is 1. The molecule has 1 saturated heterocycles. The molecule has 0 aromatic heterocycles. The summed E-state index contributed by atoms with van der Waals surface area (Å²) in [5.74, 6) is 0.383. The number of anilines is 1. The second-order valence-corrected chi connectivity index (χ2v) is 5.72. The number of nitrogens with one attached hydrogen (secondary N) is 1. The second-order valence-electron chi connectivity index (χ2n) is 5.72. The van der Waals surface area contributed by atoms with Gasteiger partial charge in [-0.25, -0.2) is 4.79 Å². The van der Waals surface area contributed by atoms with Gasteiger partial charge in [-0.2, -0.15) is 0 Å². The van der Waals surface area contributed by atoms with Gasteiger partial charge >= 0.3 is 5.97 Å². The zero-order valence-corrected chi connectivity index (χ0v) is 12.6. The van der Waals surface area contributed by atoms with Crippen molar-refractivity contribution in [3.05, 3.63) is 29.8 Å². The molecule has 1 fully saturated rings. The summed E-state index contributed by atoms with van der Waals surface area (Å²) in [7, 11) is 1.42. The van der Waals surface area contributed by atoms with Gasteiger partial charge in [-0.15, -0.1) is 0 Å². The first-order valence-electron chi connectivity index (χ1n) is 7.27. The zero-order valence-electron chi connectivity index (χ0n) is 12.6. The molecule has 0 saturated carbocycles. The average Bonchev–Trinajstić information content (AvgIpc) is 2.46. The first-order chi connectivity index (χ1) is 9.61. The molecule has 110 valence electrons. The number of methoxy groups -OCH3 is 1. The van der Waals surface area contributed by atoms with Gasteiger partial charge in [0.2, 0.25) is 0 Å². The monoisotopic (exact) mass is 276 g/mol. The molecule has 1 aliphatic rings. The Balaban J connectivity index is 2.21. The van der Waals surface area contributed by atoms with Crippen LogP contribution in [0.3, 0.4) is 0 Å². The highest BCUT2D eigenvalue weighted by Crippen LogP contribution is 2.23. The lowest BCUT2D eigenvalue weighted by atomic mass is 10.00. The van der Waals surface area contributed by atoms with Crippen LogP contribution in [-0.4, -0.2) is 38.8 Å². The fourth-order valence-corrected chi connectivity index (χ4v) is 2.78. The summed E-state index contributed by atoms with van der Waals surface area (Å²) >= 11 is 0. The number of carbonyl (C=O) groups excluding carboxylic acids is 1. The average molecular weight is 276 g/mol. The lowest BCUT2D eigenvalue weighted by Gasteiger charge is -2.39. The second kappa shape index (κ2) is 6.75. The lowest BCUT2D eigenvalue weighted by molar-refractivity contribution is 0.0600. The molecule has 0 amide bonds. The summed E-state index contributed by atoms with van der Waals surface area (Å²) in [6.07, 6.45) is 1.15. The van der Waals surface area contributed by atoms with E-state index in [-0.39, 0.29) is 5.97 Å². The normalized spacial score (nSPS) is 19.2. The maximum atomic E-state index is 11.7. The molecule has 1 aromatic carbocycles. The fraction of sp³-hybridized carbons (Fsp3) is 0.562.